The average molecular weight is 260 g/mol. The molecule has 0 atom stereocenters. The summed E-state index contributed by atoms with van der Waals surface area (Å²) in [5, 5.41) is 40.1. The van der Waals surface area contributed by atoms with Crippen LogP contribution in [0.5, 0.6) is 0 Å². The van der Waals surface area contributed by atoms with Crippen molar-refractivity contribution in [1.29, 1.82) is 0 Å². The van der Waals surface area contributed by atoms with Gasteiger partial charge in [0.15, 0.2) is 11.5 Å². The van der Waals surface area contributed by atoms with Crippen LogP contribution in [0.25, 0.3) is 0 Å². The van der Waals surface area contributed by atoms with Gasteiger partial charge in [-0.1, -0.05) is 20.8 Å². The Morgan fingerprint density at radius 1 is 1.00 bits per heavy atom. The molecule has 6 nitrogen and oxygen atoms in total. The predicted molar refractivity (Wildman–Crippen MR) is 62.9 cm³/mol. The van der Waals surface area contributed by atoms with E-state index in [9.17, 15) is 20.4 Å². The number of ether oxygens (including phenoxy) is 2. The van der Waals surface area contributed by atoms with Crippen molar-refractivity contribution in [3.8, 4) is 0 Å². The summed E-state index contributed by atoms with van der Waals surface area (Å²) in [5.74, 6) is -5.58. The quantitative estimate of drug-likeness (QED) is 0.515. The molecular formula is C12H20O6. The molecule has 0 heterocycles. The molecule has 6 heteroatoms. The SMILES string of the molecule is COC1=CC(O)(O)C(OC)=C(C(C)(C)C)C1(O)O. The molecule has 0 aromatic rings. The van der Waals surface area contributed by atoms with Crippen molar-refractivity contribution in [2.75, 3.05) is 14.2 Å². The van der Waals surface area contributed by atoms with Crippen molar-refractivity contribution in [1.82, 2.24) is 0 Å². The van der Waals surface area contributed by atoms with Gasteiger partial charge in [-0.25, -0.2) is 0 Å². The maximum atomic E-state index is 10.2. The van der Waals surface area contributed by atoms with E-state index in [1.54, 1.807) is 20.8 Å². The molecule has 0 spiro atoms. The molecule has 4 N–H and O–H groups in total. The molecule has 0 saturated heterocycles. The zero-order chi connectivity index (χ0) is 14.4. The first-order chi connectivity index (χ1) is 7.98. The van der Waals surface area contributed by atoms with Gasteiger partial charge in [-0.05, 0) is 5.41 Å². The van der Waals surface area contributed by atoms with Crippen LogP contribution < -0.4 is 0 Å². The highest BCUT2D eigenvalue weighted by molar-refractivity contribution is 5.41. The third-order valence-corrected chi connectivity index (χ3v) is 2.76. The van der Waals surface area contributed by atoms with Gasteiger partial charge in [0, 0.05) is 11.6 Å². The molecule has 0 saturated carbocycles. The van der Waals surface area contributed by atoms with Gasteiger partial charge in [0.2, 0.25) is 11.6 Å². The van der Waals surface area contributed by atoms with Crippen molar-refractivity contribution in [2.24, 2.45) is 5.41 Å². The Morgan fingerprint density at radius 3 is 1.83 bits per heavy atom. The molecule has 1 rings (SSSR count). The van der Waals surface area contributed by atoms with Crippen molar-refractivity contribution >= 4 is 0 Å². The summed E-state index contributed by atoms with van der Waals surface area (Å²) in [5.41, 5.74) is -0.842. The lowest BCUT2D eigenvalue weighted by atomic mass is 9.76. The molecule has 0 radical (unpaired) electrons. The lowest BCUT2D eigenvalue weighted by molar-refractivity contribution is -0.175. The molecular weight excluding hydrogens is 240 g/mol. The molecule has 0 aromatic heterocycles. The van der Waals surface area contributed by atoms with Crippen LogP contribution in [0.1, 0.15) is 20.8 Å². The van der Waals surface area contributed by atoms with Gasteiger partial charge in [-0.2, -0.15) is 0 Å². The number of hydrogen-bond acceptors (Lipinski definition) is 6. The highest BCUT2D eigenvalue weighted by Crippen LogP contribution is 2.45. The molecule has 0 aliphatic heterocycles. The minimum absolute atomic E-state index is 0.0677. The van der Waals surface area contributed by atoms with Crippen LogP contribution in [0.2, 0.25) is 0 Å². The predicted octanol–water partition coefficient (Wildman–Crippen LogP) is -0.161. The van der Waals surface area contributed by atoms with Crippen molar-refractivity contribution in [3.63, 3.8) is 0 Å². The molecule has 1 aliphatic rings. The van der Waals surface area contributed by atoms with Gasteiger partial charge in [0.1, 0.15) is 0 Å². The summed E-state index contributed by atoms with van der Waals surface area (Å²) in [6.07, 6.45) is 0.793. The summed E-state index contributed by atoms with van der Waals surface area (Å²) in [4.78, 5) is 0. The smallest absolute Gasteiger partial charge is 0.250 e. The second-order valence-electron chi connectivity index (χ2n) is 5.27. The molecule has 0 amide bonds. The zero-order valence-electron chi connectivity index (χ0n) is 11.2. The number of methoxy groups -OCH3 is 2. The van der Waals surface area contributed by atoms with Gasteiger partial charge in [-0.15, -0.1) is 0 Å². The fraction of sp³-hybridized carbons (Fsp3) is 0.667. The van der Waals surface area contributed by atoms with E-state index < -0.39 is 17.0 Å². The van der Waals surface area contributed by atoms with Crippen LogP contribution in [-0.4, -0.2) is 46.2 Å². The Labute approximate surface area is 106 Å². The van der Waals surface area contributed by atoms with E-state index in [-0.39, 0.29) is 17.1 Å². The van der Waals surface area contributed by atoms with E-state index in [4.69, 9.17) is 9.47 Å². The molecule has 0 aromatic carbocycles. The lowest BCUT2D eigenvalue weighted by Crippen LogP contribution is -2.49. The van der Waals surface area contributed by atoms with Crippen LogP contribution in [0, 0.1) is 5.41 Å². The maximum absolute atomic E-state index is 10.2. The van der Waals surface area contributed by atoms with Gasteiger partial charge in [0.25, 0.3) is 0 Å². The normalized spacial score (nSPS) is 22.6. The Bertz CT molecular complexity index is 397. The topological polar surface area (TPSA) is 99.4 Å². The van der Waals surface area contributed by atoms with E-state index in [1.807, 2.05) is 0 Å². The average Bonchev–Trinajstić information content (AvgIpc) is 2.18. The Morgan fingerprint density at radius 2 is 1.50 bits per heavy atom. The fourth-order valence-electron chi connectivity index (χ4n) is 2.13. The van der Waals surface area contributed by atoms with E-state index in [0.717, 1.165) is 6.08 Å². The monoisotopic (exact) mass is 260 g/mol. The first-order valence-electron chi connectivity index (χ1n) is 5.45. The zero-order valence-corrected chi connectivity index (χ0v) is 11.2. The molecule has 104 valence electrons. The second-order valence-corrected chi connectivity index (χ2v) is 5.27. The largest absolute Gasteiger partial charge is 0.495 e. The van der Waals surface area contributed by atoms with E-state index >= 15 is 0 Å². The fourth-order valence-corrected chi connectivity index (χ4v) is 2.13. The van der Waals surface area contributed by atoms with E-state index in [2.05, 4.69) is 0 Å². The van der Waals surface area contributed by atoms with Gasteiger partial charge in [-0.3, -0.25) is 0 Å². The number of aliphatic hydroxyl groups is 4. The van der Waals surface area contributed by atoms with Crippen molar-refractivity contribution in [3.05, 3.63) is 23.2 Å². The van der Waals surface area contributed by atoms with Crippen LogP contribution in [0.15, 0.2) is 23.2 Å². The summed E-state index contributed by atoms with van der Waals surface area (Å²) in [6.45, 7) is 5.08. The highest BCUT2D eigenvalue weighted by Gasteiger charge is 2.52. The highest BCUT2D eigenvalue weighted by atomic mass is 16.6. The molecule has 0 fully saturated rings. The number of rotatable bonds is 2. The van der Waals surface area contributed by atoms with Gasteiger partial charge < -0.3 is 29.9 Å². The summed E-state index contributed by atoms with van der Waals surface area (Å²) in [6, 6.07) is 0. The molecule has 18 heavy (non-hydrogen) atoms. The molecule has 0 bridgehead atoms. The van der Waals surface area contributed by atoms with Crippen LogP contribution in [0.4, 0.5) is 0 Å². The standard InChI is InChI=1S/C12H20O6/c1-10(2,3)8-9(18-5)11(13,14)6-7(17-4)12(8,15)16/h6,13-16H,1-5H3. The Hall–Kier alpha value is -1.08. The third-order valence-electron chi connectivity index (χ3n) is 2.76. The van der Waals surface area contributed by atoms with Crippen molar-refractivity contribution < 1.29 is 29.9 Å². The van der Waals surface area contributed by atoms with Crippen LogP contribution in [0.3, 0.4) is 0 Å². The molecule has 0 unspecified atom stereocenters. The minimum atomic E-state index is -2.45. The number of hydrogen-bond donors (Lipinski definition) is 4. The third kappa shape index (κ3) is 2.24. The Balaban J connectivity index is 3.58. The summed E-state index contributed by atoms with van der Waals surface area (Å²) < 4.78 is 9.75. The lowest BCUT2D eigenvalue weighted by Gasteiger charge is -2.41. The second kappa shape index (κ2) is 4.24. The molecule has 1 aliphatic carbocycles. The van der Waals surface area contributed by atoms with Crippen LogP contribution in [-0.2, 0) is 9.47 Å². The van der Waals surface area contributed by atoms with Gasteiger partial charge in [0.05, 0.1) is 14.2 Å². The minimum Gasteiger partial charge on any atom is -0.495 e. The summed E-state index contributed by atoms with van der Waals surface area (Å²) >= 11 is 0. The maximum Gasteiger partial charge on any atom is 0.250 e. The Kier molecular flexibility index (Phi) is 3.53. The van der Waals surface area contributed by atoms with E-state index in [0.29, 0.717) is 0 Å². The first-order valence-corrected chi connectivity index (χ1v) is 5.45. The van der Waals surface area contributed by atoms with Crippen LogP contribution >= 0.6 is 0 Å². The summed E-state index contributed by atoms with van der Waals surface area (Å²) in [7, 11) is 2.44. The van der Waals surface area contributed by atoms with E-state index in [1.165, 1.54) is 14.2 Å². The van der Waals surface area contributed by atoms with Crippen molar-refractivity contribution in [2.45, 2.75) is 32.3 Å². The first kappa shape index (κ1) is 15.0. The van der Waals surface area contributed by atoms with Gasteiger partial charge >= 0.3 is 0 Å².